The fraction of sp³-hybridized carbons (Fsp3) is 0.250. The van der Waals surface area contributed by atoms with Crippen LogP contribution in [-0.2, 0) is 17.8 Å². The molecule has 148 valence electrons. The lowest BCUT2D eigenvalue weighted by Gasteiger charge is -2.09. The first-order valence-electron chi connectivity index (χ1n) is 9.27. The maximum Gasteiger partial charge on any atom is 0.251 e. The molecule has 4 aromatic rings. The third-order valence-corrected chi connectivity index (χ3v) is 4.62. The van der Waals surface area contributed by atoms with E-state index in [-0.39, 0.29) is 5.91 Å². The van der Waals surface area contributed by atoms with Crippen molar-refractivity contribution in [3.8, 4) is 11.1 Å². The number of ether oxygens (including phenoxy) is 1. The van der Waals surface area contributed by atoms with Gasteiger partial charge in [-0.3, -0.25) is 9.78 Å². The highest BCUT2D eigenvalue weighted by Crippen LogP contribution is 2.26. The number of nitrogens with one attached hydrogen (secondary N) is 2. The van der Waals surface area contributed by atoms with Crippen molar-refractivity contribution >= 4 is 16.9 Å². The molecule has 0 aliphatic rings. The quantitative estimate of drug-likeness (QED) is 0.446. The van der Waals surface area contributed by atoms with E-state index in [1.165, 1.54) is 0 Å². The van der Waals surface area contributed by atoms with Gasteiger partial charge in [0.05, 0.1) is 30.1 Å². The van der Waals surface area contributed by atoms with Crippen LogP contribution in [-0.4, -0.2) is 49.3 Å². The molecule has 0 spiro atoms. The maximum absolute atomic E-state index is 12.7. The van der Waals surface area contributed by atoms with Gasteiger partial charge < -0.3 is 19.6 Å². The number of rotatable bonds is 8. The molecule has 0 bridgehead atoms. The monoisotopic (exact) mass is 391 g/mol. The predicted octanol–water partition coefficient (Wildman–Crippen LogP) is 2.18. The van der Waals surface area contributed by atoms with Crippen LogP contribution in [0.15, 0.2) is 49.3 Å². The Bertz CT molecular complexity index is 1120. The van der Waals surface area contributed by atoms with E-state index in [1.54, 1.807) is 38.2 Å². The predicted molar refractivity (Wildman–Crippen MR) is 107 cm³/mol. The van der Waals surface area contributed by atoms with Crippen LogP contribution < -0.4 is 5.32 Å². The summed E-state index contributed by atoms with van der Waals surface area (Å²) in [5.41, 5.74) is 3.98. The largest absolute Gasteiger partial charge is 0.385 e. The van der Waals surface area contributed by atoms with Crippen molar-refractivity contribution in [2.24, 2.45) is 0 Å². The number of hydrogen-bond donors (Lipinski definition) is 2. The topological polar surface area (TPSA) is 111 Å². The van der Waals surface area contributed by atoms with E-state index in [1.807, 2.05) is 22.8 Å². The number of benzene rings is 1. The molecule has 0 saturated heterocycles. The molecule has 0 unspecified atom stereocenters. The second-order valence-electron chi connectivity index (χ2n) is 6.54. The Kier molecular flexibility index (Phi) is 5.57. The van der Waals surface area contributed by atoms with Crippen LogP contribution in [0.2, 0.25) is 0 Å². The summed E-state index contributed by atoms with van der Waals surface area (Å²) in [6, 6.07) is 7.40. The number of methoxy groups -OCH3 is 1. The smallest absolute Gasteiger partial charge is 0.251 e. The molecular formula is C20H21N7O2. The Labute approximate surface area is 167 Å². The number of pyridine rings is 1. The number of amides is 1. The summed E-state index contributed by atoms with van der Waals surface area (Å²) in [4.78, 5) is 24.3. The number of aromatic nitrogens is 6. The average Bonchev–Trinajstić information content (AvgIpc) is 3.41. The van der Waals surface area contributed by atoms with Gasteiger partial charge >= 0.3 is 0 Å². The van der Waals surface area contributed by atoms with Gasteiger partial charge in [0.2, 0.25) is 0 Å². The highest BCUT2D eigenvalue weighted by atomic mass is 16.5. The van der Waals surface area contributed by atoms with Crippen LogP contribution in [0.3, 0.4) is 0 Å². The zero-order chi connectivity index (χ0) is 20.1. The van der Waals surface area contributed by atoms with Gasteiger partial charge in [0.1, 0.15) is 6.33 Å². The minimum absolute atomic E-state index is 0.180. The lowest BCUT2D eigenvalue weighted by molar-refractivity contribution is 0.0949. The summed E-state index contributed by atoms with van der Waals surface area (Å²) < 4.78 is 6.99. The molecule has 4 rings (SSSR count). The zero-order valence-electron chi connectivity index (χ0n) is 16.0. The van der Waals surface area contributed by atoms with Gasteiger partial charge in [0.15, 0.2) is 5.82 Å². The van der Waals surface area contributed by atoms with Gasteiger partial charge in [0.25, 0.3) is 5.91 Å². The number of aromatic amines is 1. The molecule has 0 atom stereocenters. The van der Waals surface area contributed by atoms with Crippen molar-refractivity contribution in [2.75, 3.05) is 13.7 Å². The number of H-pyrrole nitrogens is 1. The number of imidazole rings is 1. The second-order valence-corrected chi connectivity index (χ2v) is 6.54. The molecule has 0 aliphatic heterocycles. The Balaban J connectivity index is 1.47. The van der Waals surface area contributed by atoms with Crippen molar-refractivity contribution in [1.82, 2.24) is 35.0 Å². The maximum atomic E-state index is 12.7. The number of carbonyl (C=O) groups excluding carboxylic acids is 1. The zero-order valence-corrected chi connectivity index (χ0v) is 16.0. The lowest BCUT2D eigenvalue weighted by Crippen LogP contribution is -2.24. The van der Waals surface area contributed by atoms with Gasteiger partial charge in [-0.25, -0.2) is 4.98 Å². The van der Waals surface area contributed by atoms with Crippen LogP contribution in [0.4, 0.5) is 0 Å². The summed E-state index contributed by atoms with van der Waals surface area (Å²) in [5, 5.41) is 10.9. The van der Waals surface area contributed by atoms with Crippen molar-refractivity contribution in [1.29, 1.82) is 0 Å². The normalized spacial score (nSPS) is 11.1. The first-order valence-corrected chi connectivity index (χ1v) is 9.27. The van der Waals surface area contributed by atoms with E-state index in [4.69, 9.17) is 4.74 Å². The molecule has 1 aromatic carbocycles. The van der Waals surface area contributed by atoms with Gasteiger partial charge in [-0.1, -0.05) is 12.1 Å². The fourth-order valence-electron chi connectivity index (χ4n) is 3.15. The van der Waals surface area contributed by atoms with E-state index < -0.39 is 0 Å². The van der Waals surface area contributed by atoms with E-state index >= 15 is 0 Å². The summed E-state index contributed by atoms with van der Waals surface area (Å²) in [7, 11) is 1.67. The van der Waals surface area contributed by atoms with Crippen LogP contribution in [0.5, 0.6) is 0 Å². The third-order valence-electron chi connectivity index (χ3n) is 4.62. The fourth-order valence-corrected chi connectivity index (χ4v) is 3.15. The van der Waals surface area contributed by atoms with E-state index in [0.29, 0.717) is 24.5 Å². The minimum Gasteiger partial charge on any atom is -0.385 e. The van der Waals surface area contributed by atoms with E-state index in [9.17, 15) is 4.79 Å². The number of fused-ring (bicyclic) bond motifs is 1. The molecular weight excluding hydrogens is 370 g/mol. The number of carbonyl (C=O) groups is 1. The van der Waals surface area contributed by atoms with Gasteiger partial charge in [0, 0.05) is 37.6 Å². The molecule has 3 aromatic heterocycles. The molecule has 0 aliphatic carbocycles. The number of nitrogens with zero attached hydrogens (tertiary/aromatic N) is 5. The molecule has 29 heavy (non-hydrogen) atoms. The SMILES string of the molecule is COCCCn1cnnc1CNC(=O)c1cccc(-c2cncc3[nH]cnc23)c1. The second kappa shape index (κ2) is 8.61. The van der Waals surface area contributed by atoms with Crippen LogP contribution >= 0.6 is 0 Å². The molecule has 9 heteroatoms. The first kappa shape index (κ1) is 18.8. The summed E-state index contributed by atoms with van der Waals surface area (Å²) in [6.45, 7) is 1.70. The summed E-state index contributed by atoms with van der Waals surface area (Å²) in [6.07, 6.45) is 7.63. The molecule has 9 nitrogen and oxygen atoms in total. The highest BCUT2D eigenvalue weighted by Gasteiger charge is 2.12. The minimum atomic E-state index is -0.180. The lowest BCUT2D eigenvalue weighted by atomic mass is 10.0. The molecule has 3 heterocycles. The molecule has 0 radical (unpaired) electrons. The standard InChI is InChI=1S/C20H21N7O2/c1-29-7-3-6-27-13-25-26-18(27)11-22-20(28)15-5-2-4-14(8-15)16-9-21-10-17-19(16)24-12-23-17/h2,4-5,8-10,12-13H,3,6-7,11H2,1H3,(H,22,28)(H,23,24). The Morgan fingerprint density at radius 3 is 3.14 bits per heavy atom. The van der Waals surface area contributed by atoms with Crippen molar-refractivity contribution in [3.05, 3.63) is 60.7 Å². The summed E-state index contributed by atoms with van der Waals surface area (Å²) in [5.74, 6) is 0.525. The molecule has 0 saturated carbocycles. The van der Waals surface area contributed by atoms with Crippen LogP contribution in [0.1, 0.15) is 22.6 Å². The molecule has 1 amide bonds. The van der Waals surface area contributed by atoms with Gasteiger partial charge in [-0.2, -0.15) is 0 Å². The van der Waals surface area contributed by atoms with Crippen molar-refractivity contribution < 1.29 is 9.53 Å². The van der Waals surface area contributed by atoms with E-state index in [2.05, 4.69) is 30.5 Å². The van der Waals surface area contributed by atoms with E-state index in [0.717, 1.165) is 35.1 Å². The van der Waals surface area contributed by atoms with Crippen LogP contribution in [0, 0.1) is 0 Å². The van der Waals surface area contributed by atoms with Gasteiger partial charge in [-0.15, -0.1) is 10.2 Å². The van der Waals surface area contributed by atoms with Gasteiger partial charge in [-0.05, 0) is 24.1 Å². The van der Waals surface area contributed by atoms with Crippen molar-refractivity contribution in [3.63, 3.8) is 0 Å². The summed E-state index contributed by atoms with van der Waals surface area (Å²) >= 11 is 0. The Morgan fingerprint density at radius 2 is 2.24 bits per heavy atom. The first-order chi connectivity index (χ1) is 14.3. The highest BCUT2D eigenvalue weighted by molar-refractivity contribution is 5.97. The Hall–Kier alpha value is -3.59. The Morgan fingerprint density at radius 1 is 1.31 bits per heavy atom. The average molecular weight is 391 g/mol. The molecule has 0 fully saturated rings. The number of hydrogen-bond acceptors (Lipinski definition) is 6. The molecule has 2 N–H and O–H groups in total. The third kappa shape index (κ3) is 4.14. The number of aryl methyl sites for hydroxylation is 1. The van der Waals surface area contributed by atoms with Crippen molar-refractivity contribution in [2.45, 2.75) is 19.5 Å². The van der Waals surface area contributed by atoms with Crippen LogP contribution in [0.25, 0.3) is 22.2 Å².